The van der Waals surface area contributed by atoms with Crippen LogP contribution in [0.1, 0.15) is 58.1 Å². The van der Waals surface area contributed by atoms with Gasteiger partial charge in [0.1, 0.15) is 0 Å². The van der Waals surface area contributed by atoms with Gasteiger partial charge in [0.2, 0.25) is 0 Å². The standard InChI is InChI=1S/C29H44O4/c1-22(16-24(3)28(30)20-32-18-26-11-7-5-8-12-26)15-23(2)17-25(4)29(31)21-33-19-27-13-9-6-10-14-27/h5-14,22-25,28-31H,15-21H2,1-4H3/t22-,23+,24-,25-,28-,29-/m0/s1. The molecule has 184 valence electrons. The Balaban J connectivity index is 1.60. The highest BCUT2D eigenvalue weighted by molar-refractivity contribution is 5.14. The van der Waals surface area contributed by atoms with Crippen LogP contribution in [0.2, 0.25) is 0 Å². The van der Waals surface area contributed by atoms with E-state index in [1.54, 1.807) is 0 Å². The summed E-state index contributed by atoms with van der Waals surface area (Å²) in [6.45, 7) is 10.5. The maximum atomic E-state index is 10.5. The van der Waals surface area contributed by atoms with Gasteiger partial charge in [-0.2, -0.15) is 0 Å². The number of rotatable bonds is 16. The number of aliphatic hydroxyl groups is 2. The van der Waals surface area contributed by atoms with Gasteiger partial charge in [-0.25, -0.2) is 0 Å². The fourth-order valence-corrected chi connectivity index (χ4v) is 4.53. The lowest BCUT2D eigenvalue weighted by Gasteiger charge is -2.26. The Labute approximate surface area is 201 Å². The lowest BCUT2D eigenvalue weighted by molar-refractivity contribution is -0.00662. The number of ether oxygens (including phenoxy) is 2. The van der Waals surface area contributed by atoms with Crippen molar-refractivity contribution in [3.05, 3.63) is 71.8 Å². The molecule has 0 aliphatic carbocycles. The molecule has 0 heterocycles. The van der Waals surface area contributed by atoms with Crippen LogP contribution in [-0.4, -0.2) is 35.6 Å². The zero-order valence-electron chi connectivity index (χ0n) is 20.9. The first-order valence-corrected chi connectivity index (χ1v) is 12.4. The van der Waals surface area contributed by atoms with Crippen molar-refractivity contribution in [1.29, 1.82) is 0 Å². The molecule has 6 atom stereocenters. The molecule has 2 aromatic carbocycles. The second kappa shape index (κ2) is 15.2. The largest absolute Gasteiger partial charge is 0.390 e. The minimum atomic E-state index is -0.450. The van der Waals surface area contributed by atoms with Gasteiger partial charge in [-0.1, -0.05) is 88.4 Å². The predicted molar refractivity (Wildman–Crippen MR) is 135 cm³/mol. The lowest BCUT2D eigenvalue weighted by atomic mass is 9.83. The molecule has 0 aliphatic heterocycles. The first kappa shape index (κ1) is 27.5. The summed E-state index contributed by atoms with van der Waals surface area (Å²) < 4.78 is 11.4. The van der Waals surface area contributed by atoms with Crippen molar-refractivity contribution in [3.63, 3.8) is 0 Å². The van der Waals surface area contributed by atoms with Gasteiger partial charge in [-0.05, 0) is 54.1 Å². The van der Waals surface area contributed by atoms with Crippen LogP contribution >= 0.6 is 0 Å². The molecule has 33 heavy (non-hydrogen) atoms. The van der Waals surface area contributed by atoms with Crippen LogP contribution in [0.3, 0.4) is 0 Å². The highest BCUT2D eigenvalue weighted by Gasteiger charge is 2.22. The molecule has 4 nitrogen and oxygen atoms in total. The summed E-state index contributed by atoms with van der Waals surface area (Å²) in [6, 6.07) is 20.1. The second-order valence-electron chi connectivity index (χ2n) is 10.0. The fraction of sp³-hybridized carbons (Fsp3) is 0.586. The molecule has 0 aromatic heterocycles. The summed E-state index contributed by atoms with van der Waals surface area (Å²) in [5.41, 5.74) is 2.25. The first-order valence-electron chi connectivity index (χ1n) is 12.4. The fourth-order valence-electron chi connectivity index (χ4n) is 4.53. The molecule has 2 aromatic rings. The average Bonchev–Trinajstić information content (AvgIpc) is 2.80. The number of hydrogen-bond donors (Lipinski definition) is 2. The van der Waals surface area contributed by atoms with Gasteiger partial charge in [0.15, 0.2) is 0 Å². The Kier molecular flexibility index (Phi) is 12.7. The molecule has 0 saturated carbocycles. The maximum Gasteiger partial charge on any atom is 0.0799 e. The minimum Gasteiger partial charge on any atom is -0.390 e. The zero-order valence-corrected chi connectivity index (χ0v) is 20.9. The lowest BCUT2D eigenvalue weighted by Crippen LogP contribution is -2.27. The predicted octanol–water partition coefficient (Wildman–Crippen LogP) is 5.86. The van der Waals surface area contributed by atoms with E-state index in [1.807, 2.05) is 60.7 Å². The van der Waals surface area contributed by atoms with Crippen molar-refractivity contribution in [2.45, 2.75) is 72.4 Å². The van der Waals surface area contributed by atoms with Gasteiger partial charge < -0.3 is 19.7 Å². The van der Waals surface area contributed by atoms with Gasteiger partial charge in [-0.3, -0.25) is 0 Å². The van der Waals surface area contributed by atoms with Crippen LogP contribution in [0.4, 0.5) is 0 Å². The van der Waals surface area contributed by atoms with Gasteiger partial charge in [0, 0.05) is 0 Å². The normalized spacial score (nSPS) is 17.2. The van der Waals surface area contributed by atoms with E-state index in [0.717, 1.165) is 30.4 Å². The molecule has 4 heteroatoms. The Morgan fingerprint density at radius 2 is 0.939 bits per heavy atom. The molecule has 0 radical (unpaired) electrons. The third-order valence-electron chi connectivity index (χ3n) is 6.47. The average molecular weight is 457 g/mol. The molecular formula is C29H44O4. The monoisotopic (exact) mass is 456 g/mol. The number of aliphatic hydroxyl groups excluding tert-OH is 2. The van der Waals surface area contributed by atoms with Crippen molar-refractivity contribution < 1.29 is 19.7 Å². The van der Waals surface area contributed by atoms with E-state index in [9.17, 15) is 10.2 Å². The first-order chi connectivity index (χ1) is 15.8. The molecule has 2 N–H and O–H groups in total. The molecule has 0 amide bonds. The summed E-state index contributed by atoms with van der Waals surface area (Å²) in [5.74, 6) is 1.41. The maximum absolute atomic E-state index is 10.5. The Morgan fingerprint density at radius 1 is 0.576 bits per heavy atom. The van der Waals surface area contributed by atoms with Crippen molar-refractivity contribution in [2.24, 2.45) is 23.7 Å². The second-order valence-corrected chi connectivity index (χ2v) is 10.0. The van der Waals surface area contributed by atoms with Crippen LogP contribution in [-0.2, 0) is 22.7 Å². The smallest absolute Gasteiger partial charge is 0.0799 e. The molecule has 0 fully saturated rings. The van der Waals surface area contributed by atoms with Gasteiger partial charge >= 0.3 is 0 Å². The summed E-state index contributed by atoms with van der Waals surface area (Å²) in [4.78, 5) is 0. The summed E-state index contributed by atoms with van der Waals surface area (Å²) in [5, 5.41) is 21.0. The Bertz CT molecular complexity index is 672. The molecule has 0 aliphatic rings. The van der Waals surface area contributed by atoms with E-state index in [0.29, 0.717) is 38.3 Å². The molecule has 0 bridgehead atoms. The zero-order chi connectivity index (χ0) is 24.1. The molecular weight excluding hydrogens is 412 g/mol. The van der Waals surface area contributed by atoms with Crippen LogP contribution in [0, 0.1) is 23.7 Å². The van der Waals surface area contributed by atoms with Crippen LogP contribution in [0.15, 0.2) is 60.7 Å². The van der Waals surface area contributed by atoms with E-state index in [2.05, 4.69) is 27.7 Å². The molecule has 0 unspecified atom stereocenters. The van der Waals surface area contributed by atoms with E-state index >= 15 is 0 Å². The van der Waals surface area contributed by atoms with Crippen LogP contribution < -0.4 is 0 Å². The third-order valence-corrected chi connectivity index (χ3v) is 6.47. The highest BCUT2D eigenvalue weighted by Crippen LogP contribution is 2.26. The third kappa shape index (κ3) is 11.3. The molecule has 2 rings (SSSR count). The summed E-state index contributed by atoms with van der Waals surface area (Å²) in [6.07, 6.45) is 2.13. The van der Waals surface area contributed by atoms with Crippen molar-refractivity contribution in [1.82, 2.24) is 0 Å². The SMILES string of the molecule is C[C@H](C[C@H](C)C[C@H](C)[C@@H](O)COCc1ccccc1)C[C@H](C)[C@@H](O)COCc1ccccc1. The van der Waals surface area contributed by atoms with E-state index in [-0.39, 0.29) is 11.8 Å². The van der Waals surface area contributed by atoms with Gasteiger partial charge in [0.05, 0.1) is 38.6 Å². The van der Waals surface area contributed by atoms with E-state index < -0.39 is 12.2 Å². The van der Waals surface area contributed by atoms with Crippen LogP contribution in [0.5, 0.6) is 0 Å². The summed E-state index contributed by atoms with van der Waals surface area (Å²) >= 11 is 0. The summed E-state index contributed by atoms with van der Waals surface area (Å²) in [7, 11) is 0. The number of hydrogen-bond acceptors (Lipinski definition) is 4. The molecule has 0 saturated heterocycles. The van der Waals surface area contributed by atoms with Crippen LogP contribution in [0.25, 0.3) is 0 Å². The van der Waals surface area contributed by atoms with Crippen molar-refractivity contribution >= 4 is 0 Å². The van der Waals surface area contributed by atoms with Crippen molar-refractivity contribution in [3.8, 4) is 0 Å². The quantitative estimate of drug-likeness (QED) is 0.332. The van der Waals surface area contributed by atoms with Crippen molar-refractivity contribution in [2.75, 3.05) is 13.2 Å². The van der Waals surface area contributed by atoms with Gasteiger partial charge in [0.25, 0.3) is 0 Å². The number of benzene rings is 2. The minimum absolute atomic E-state index is 0.192. The van der Waals surface area contributed by atoms with Gasteiger partial charge in [-0.15, -0.1) is 0 Å². The van der Waals surface area contributed by atoms with E-state index in [4.69, 9.17) is 9.47 Å². The molecule has 0 spiro atoms. The Morgan fingerprint density at radius 3 is 1.30 bits per heavy atom. The Hall–Kier alpha value is -1.72. The highest BCUT2D eigenvalue weighted by atomic mass is 16.5. The topological polar surface area (TPSA) is 58.9 Å². The van der Waals surface area contributed by atoms with E-state index in [1.165, 1.54) is 0 Å².